The van der Waals surface area contributed by atoms with Crippen molar-refractivity contribution in [3.8, 4) is 0 Å². The largest absolute Gasteiger partial charge is 0.369 e. The lowest BCUT2D eigenvalue weighted by Crippen LogP contribution is -2.50. The van der Waals surface area contributed by atoms with Gasteiger partial charge in [-0.2, -0.15) is 0 Å². The topological polar surface area (TPSA) is 95.7 Å². The molecular weight excluding hydrogens is 344 g/mol. The Morgan fingerprint density at radius 1 is 1.16 bits per heavy atom. The van der Waals surface area contributed by atoms with Gasteiger partial charge < -0.3 is 20.9 Å². The standard InChI is InChI=1S/C17H23ClN4O3/c1-21-6-8-22(9-7-21)16(24)11-20-15(23)10-14(17(19)25)12-2-4-13(18)5-3-12/h2-5,14H,6-11H2,1H3,(H2,19,25)(H,20,23). The Labute approximate surface area is 152 Å². The van der Waals surface area contributed by atoms with Crippen LogP contribution in [0, 0.1) is 0 Å². The fraction of sp³-hybridized carbons (Fsp3) is 0.471. The monoisotopic (exact) mass is 366 g/mol. The number of likely N-dealkylation sites (N-methyl/N-ethyl adjacent to an activating group) is 1. The van der Waals surface area contributed by atoms with Gasteiger partial charge in [0.25, 0.3) is 0 Å². The predicted molar refractivity (Wildman–Crippen MR) is 95.1 cm³/mol. The van der Waals surface area contributed by atoms with E-state index in [-0.39, 0.29) is 24.8 Å². The normalized spacial score (nSPS) is 16.3. The number of hydrogen-bond donors (Lipinski definition) is 2. The summed E-state index contributed by atoms with van der Waals surface area (Å²) in [6.07, 6.45) is -0.104. The zero-order chi connectivity index (χ0) is 18.4. The van der Waals surface area contributed by atoms with Crippen molar-refractivity contribution in [2.24, 2.45) is 5.73 Å². The highest BCUT2D eigenvalue weighted by atomic mass is 35.5. The van der Waals surface area contributed by atoms with Crippen LogP contribution in [0.1, 0.15) is 17.9 Å². The number of rotatable bonds is 6. The van der Waals surface area contributed by atoms with E-state index < -0.39 is 11.8 Å². The van der Waals surface area contributed by atoms with Crippen molar-refractivity contribution < 1.29 is 14.4 Å². The number of halogens is 1. The first-order valence-corrected chi connectivity index (χ1v) is 8.52. The second-order valence-electron chi connectivity index (χ2n) is 6.17. The molecule has 1 aliphatic rings. The summed E-state index contributed by atoms with van der Waals surface area (Å²) < 4.78 is 0. The molecule has 136 valence electrons. The van der Waals surface area contributed by atoms with E-state index in [9.17, 15) is 14.4 Å². The number of nitrogens with two attached hydrogens (primary N) is 1. The Balaban J connectivity index is 1.86. The first kappa shape index (κ1) is 19.2. The van der Waals surface area contributed by atoms with Crippen molar-refractivity contribution >= 4 is 29.3 Å². The Kier molecular flexibility index (Phi) is 6.78. The Hall–Kier alpha value is -2.12. The summed E-state index contributed by atoms with van der Waals surface area (Å²) in [4.78, 5) is 39.8. The second-order valence-corrected chi connectivity index (χ2v) is 6.61. The maximum Gasteiger partial charge on any atom is 0.242 e. The lowest BCUT2D eigenvalue weighted by molar-refractivity contribution is -0.134. The van der Waals surface area contributed by atoms with Crippen LogP contribution in [-0.4, -0.2) is 67.3 Å². The molecule has 1 heterocycles. The molecule has 0 spiro atoms. The molecule has 1 aromatic carbocycles. The van der Waals surface area contributed by atoms with E-state index in [1.165, 1.54) is 0 Å². The van der Waals surface area contributed by atoms with Gasteiger partial charge in [0, 0.05) is 37.6 Å². The number of primary amides is 1. The van der Waals surface area contributed by atoms with E-state index in [4.69, 9.17) is 17.3 Å². The lowest BCUT2D eigenvalue weighted by atomic mass is 9.95. The quantitative estimate of drug-likeness (QED) is 0.751. The van der Waals surface area contributed by atoms with Gasteiger partial charge in [0.15, 0.2) is 0 Å². The van der Waals surface area contributed by atoms with Crippen molar-refractivity contribution in [3.63, 3.8) is 0 Å². The number of carbonyl (C=O) groups is 3. The van der Waals surface area contributed by atoms with Gasteiger partial charge in [-0.25, -0.2) is 0 Å². The molecule has 1 atom stereocenters. The molecule has 0 aromatic heterocycles. The van der Waals surface area contributed by atoms with E-state index in [0.717, 1.165) is 13.1 Å². The molecule has 7 nitrogen and oxygen atoms in total. The van der Waals surface area contributed by atoms with Gasteiger partial charge in [0.05, 0.1) is 12.5 Å². The molecule has 0 saturated carbocycles. The fourth-order valence-corrected chi connectivity index (χ4v) is 2.80. The van der Waals surface area contributed by atoms with Crippen LogP contribution < -0.4 is 11.1 Å². The SMILES string of the molecule is CN1CCN(C(=O)CNC(=O)CC(C(N)=O)c2ccc(Cl)cc2)CC1. The molecule has 3 amide bonds. The number of carbonyl (C=O) groups excluding carboxylic acids is 3. The summed E-state index contributed by atoms with van der Waals surface area (Å²) in [5, 5.41) is 3.12. The van der Waals surface area contributed by atoms with E-state index >= 15 is 0 Å². The number of nitrogens with one attached hydrogen (secondary N) is 1. The van der Waals surface area contributed by atoms with Crippen LogP contribution in [0.15, 0.2) is 24.3 Å². The minimum Gasteiger partial charge on any atom is -0.369 e. The van der Waals surface area contributed by atoms with Gasteiger partial charge in [0.2, 0.25) is 17.7 Å². The highest BCUT2D eigenvalue weighted by Gasteiger charge is 2.23. The molecule has 0 aliphatic carbocycles. The zero-order valence-corrected chi connectivity index (χ0v) is 15.0. The highest BCUT2D eigenvalue weighted by molar-refractivity contribution is 6.30. The third-order valence-electron chi connectivity index (χ3n) is 4.30. The molecule has 1 unspecified atom stereocenters. The van der Waals surface area contributed by atoms with Gasteiger partial charge >= 0.3 is 0 Å². The molecular formula is C17H23ClN4O3. The lowest BCUT2D eigenvalue weighted by Gasteiger charge is -2.32. The van der Waals surface area contributed by atoms with Crippen LogP contribution in [0.4, 0.5) is 0 Å². The fourth-order valence-electron chi connectivity index (χ4n) is 2.68. The molecule has 0 radical (unpaired) electrons. The molecule has 25 heavy (non-hydrogen) atoms. The van der Waals surface area contributed by atoms with Gasteiger partial charge in [-0.15, -0.1) is 0 Å². The molecule has 1 aliphatic heterocycles. The average Bonchev–Trinajstić information content (AvgIpc) is 2.59. The minimum absolute atomic E-state index is 0.0748. The van der Waals surface area contributed by atoms with Crippen LogP contribution in [0.3, 0.4) is 0 Å². The Morgan fingerprint density at radius 2 is 1.76 bits per heavy atom. The van der Waals surface area contributed by atoms with Crippen LogP contribution in [0.25, 0.3) is 0 Å². The average molecular weight is 367 g/mol. The predicted octanol–water partition coefficient (Wildman–Crippen LogP) is 0.189. The zero-order valence-electron chi connectivity index (χ0n) is 14.2. The number of piperazine rings is 1. The first-order chi connectivity index (χ1) is 11.9. The van der Waals surface area contributed by atoms with E-state index in [1.807, 2.05) is 7.05 Å². The van der Waals surface area contributed by atoms with Gasteiger partial charge in [-0.1, -0.05) is 23.7 Å². The van der Waals surface area contributed by atoms with Crippen molar-refractivity contribution in [1.82, 2.24) is 15.1 Å². The molecule has 1 saturated heterocycles. The highest BCUT2D eigenvalue weighted by Crippen LogP contribution is 2.21. The molecule has 1 aromatic rings. The minimum atomic E-state index is -0.754. The molecule has 2 rings (SSSR count). The van der Waals surface area contributed by atoms with Crippen molar-refractivity contribution in [2.45, 2.75) is 12.3 Å². The summed E-state index contributed by atoms with van der Waals surface area (Å²) in [7, 11) is 2.00. The number of nitrogens with zero attached hydrogens (tertiary/aromatic N) is 2. The number of hydrogen-bond acceptors (Lipinski definition) is 4. The van der Waals surface area contributed by atoms with Crippen LogP contribution in [-0.2, 0) is 14.4 Å². The van der Waals surface area contributed by atoms with Crippen molar-refractivity contribution in [3.05, 3.63) is 34.9 Å². The number of benzene rings is 1. The van der Waals surface area contributed by atoms with Crippen molar-refractivity contribution in [1.29, 1.82) is 0 Å². The van der Waals surface area contributed by atoms with Crippen molar-refractivity contribution in [2.75, 3.05) is 39.8 Å². The van der Waals surface area contributed by atoms with Crippen LogP contribution in [0.5, 0.6) is 0 Å². The smallest absolute Gasteiger partial charge is 0.242 e. The summed E-state index contributed by atoms with van der Waals surface area (Å²) in [6.45, 7) is 2.87. The third-order valence-corrected chi connectivity index (χ3v) is 4.55. The van der Waals surface area contributed by atoms with Crippen LogP contribution >= 0.6 is 11.6 Å². The van der Waals surface area contributed by atoms with Gasteiger partial charge in [-0.05, 0) is 24.7 Å². The van der Waals surface area contributed by atoms with Crippen LogP contribution in [0.2, 0.25) is 5.02 Å². The van der Waals surface area contributed by atoms with E-state index in [1.54, 1.807) is 29.2 Å². The molecule has 1 fully saturated rings. The van der Waals surface area contributed by atoms with Gasteiger partial charge in [0.1, 0.15) is 0 Å². The van der Waals surface area contributed by atoms with E-state index in [2.05, 4.69) is 10.2 Å². The second kappa shape index (κ2) is 8.82. The summed E-state index contributed by atoms with van der Waals surface area (Å²) >= 11 is 5.83. The molecule has 0 bridgehead atoms. The maximum atomic E-state index is 12.1. The van der Waals surface area contributed by atoms with E-state index in [0.29, 0.717) is 23.7 Å². The Morgan fingerprint density at radius 3 is 2.32 bits per heavy atom. The first-order valence-electron chi connectivity index (χ1n) is 8.14. The molecule has 3 N–H and O–H groups in total. The van der Waals surface area contributed by atoms with Gasteiger partial charge in [-0.3, -0.25) is 14.4 Å². The summed E-state index contributed by atoms with van der Waals surface area (Å²) in [5.74, 6) is -1.86. The summed E-state index contributed by atoms with van der Waals surface area (Å²) in [5.41, 5.74) is 6.03. The number of amides is 3. The summed E-state index contributed by atoms with van der Waals surface area (Å²) in [6, 6.07) is 6.62. The maximum absolute atomic E-state index is 12.1. The molecule has 8 heteroatoms. The Bertz CT molecular complexity index is 627. The third kappa shape index (κ3) is 5.72.